The molecule has 1 aromatic heterocycles. The minimum Gasteiger partial charge on any atom is -0.480 e. The fourth-order valence-corrected chi connectivity index (χ4v) is 1.54. The highest BCUT2D eigenvalue weighted by Gasteiger charge is 2.68. The van der Waals surface area contributed by atoms with E-state index in [4.69, 9.17) is 10.2 Å². The minimum atomic E-state index is -1.71. The third-order valence-corrected chi connectivity index (χ3v) is 2.49. The molecular formula is C7H7N3O4. The Bertz CT molecular complexity index is 372. The first-order valence-corrected chi connectivity index (χ1v) is 3.91. The Labute approximate surface area is 77.8 Å². The maximum atomic E-state index is 10.8. The number of nitrogens with one attached hydrogen (secondary N) is 1. The van der Waals surface area contributed by atoms with Gasteiger partial charge in [0.15, 0.2) is 5.41 Å². The van der Waals surface area contributed by atoms with E-state index in [1.165, 1.54) is 6.33 Å². The van der Waals surface area contributed by atoms with E-state index in [9.17, 15) is 9.59 Å². The van der Waals surface area contributed by atoms with Crippen molar-refractivity contribution in [1.29, 1.82) is 0 Å². The monoisotopic (exact) mass is 197 g/mol. The van der Waals surface area contributed by atoms with E-state index in [0.717, 1.165) is 0 Å². The van der Waals surface area contributed by atoms with Crippen LogP contribution in [-0.2, 0) is 9.59 Å². The molecule has 0 saturated heterocycles. The summed E-state index contributed by atoms with van der Waals surface area (Å²) in [7, 11) is 0. The van der Waals surface area contributed by atoms with Crippen molar-refractivity contribution >= 4 is 11.9 Å². The average molecular weight is 197 g/mol. The van der Waals surface area contributed by atoms with Crippen molar-refractivity contribution in [3.8, 4) is 0 Å². The summed E-state index contributed by atoms with van der Waals surface area (Å²) in [4.78, 5) is 25.3. The summed E-state index contributed by atoms with van der Waals surface area (Å²) in [6.07, 6.45) is 1.29. The summed E-state index contributed by atoms with van der Waals surface area (Å²) in [5, 5.41) is 23.6. The van der Waals surface area contributed by atoms with Gasteiger partial charge in [0.25, 0.3) is 0 Å². The van der Waals surface area contributed by atoms with Crippen LogP contribution in [0.4, 0.5) is 0 Å². The van der Waals surface area contributed by atoms with Gasteiger partial charge in [-0.05, 0) is 6.42 Å². The van der Waals surface area contributed by atoms with Crippen LogP contribution >= 0.6 is 0 Å². The predicted molar refractivity (Wildman–Crippen MR) is 41.4 cm³/mol. The molecule has 74 valence electrons. The van der Waals surface area contributed by atoms with Gasteiger partial charge in [-0.1, -0.05) is 0 Å². The molecule has 0 radical (unpaired) electrons. The quantitative estimate of drug-likeness (QED) is 0.559. The van der Waals surface area contributed by atoms with Crippen LogP contribution in [0.5, 0.6) is 0 Å². The number of carboxylic acid groups (broad SMARTS) is 2. The number of H-pyrrole nitrogens is 1. The second-order valence-electron chi connectivity index (χ2n) is 3.21. The highest BCUT2D eigenvalue weighted by atomic mass is 16.4. The molecule has 14 heavy (non-hydrogen) atoms. The predicted octanol–water partition coefficient (Wildman–Crippen LogP) is -0.552. The zero-order chi connectivity index (χ0) is 10.3. The van der Waals surface area contributed by atoms with Gasteiger partial charge in [-0.2, -0.15) is 5.10 Å². The largest absolute Gasteiger partial charge is 0.480 e. The maximum Gasteiger partial charge on any atom is 0.321 e. The normalized spacial score (nSPS) is 23.0. The Balaban J connectivity index is 2.30. The molecule has 0 spiro atoms. The SMILES string of the molecule is O=C(O)C1(C(=O)O)CC1c1ncn[nH]1. The number of carbonyl (C=O) groups is 2. The van der Waals surface area contributed by atoms with Crippen molar-refractivity contribution in [2.24, 2.45) is 5.41 Å². The Morgan fingerprint density at radius 2 is 2.14 bits per heavy atom. The summed E-state index contributed by atoms with van der Waals surface area (Å²) in [6, 6.07) is 0. The van der Waals surface area contributed by atoms with Crippen molar-refractivity contribution in [1.82, 2.24) is 15.2 Å². The fraction of sp³-hybridized carbons (Fsp3) is 0.429. The molecule has 1 saturated carbocycles. The second-order valence-corrected chi connectivity index (χ2v) is 3.21. The molecule has 0 aliphatic heterocycles. The van der Waals surface area contributed by atoms with Gasteiger partial charge >= 0.3 is 11.9 Å². The van der Waals surface area contributed by atoms with E-state index in [1.807, 2.05) is 0 Å². The second kappa shape index (κ2) is 2.53. The first kappa shape index (κ1) is 8.67. The lowest BCUT2D eigenvalue weighted by Gasteiger charge is -2.03. The van der Waals surface area contributed by atoms with Crippen LogP contribution in [0.25, 0.3) is 0 Å². The van der Waals surface area contributed by atoms with E-state index in [2.05, 4.69) is 15.2 Å². The minimum absolute atomic E-state index is 0.0624. The molecule has 7 nitrogen and oxygen atoms in total. The van der Waals surface area contributed by atoms with Gasteiger partial charge in [0.1, 0.15) is 12.2 Å². The highest BCUT2D eigenvalue weighted by Crippen LogP contribution is 2.58. The van der Waals surface area contributed by atoms with Crippen LogP contribution in [0.15, 0.2) is 6.33 Å². The van der Waals surface area contributed by atoms with Crippen molar-refractivity contribution in [3.05, 3.63) is 12.2 Å². The molecule has 1 aromatic rings. The molecule has 1 aliphatic carbocycles. The standard InChI is InChI=1S/C7H7N3O4/c11-5(12)7(6(13)14)1-3(7)4-8-2-9-10-4/h2-3H,1H2,(H,11,12)(H,13,14)(H,8,9,10). The Morgan fingerprint density at radius 3 is 2.50 bits per heavy atom. The highest BCUT2D eigenvalue weighted by molar-refractivity contribution is 6.03. The molecule has 2 rings (SSSR count). The summed E-state index contributed by atoms with van der Waals surface area (Å²) < 4.78 is 0. The van der Waals surface area contributed by atoms with Gasteiger partial charge in [-0.25, -0.2) is 4.98 Å². The van der Waals surface area contributed by atoms with Gasteiger partial charge in [-0.3, -0.25) is 14.7 Å². The van der Waals surface area contributed by atoms with Gasteiger partial charge in [0.2, 0.25) is 0 Å². The third-order valence-electron chi connectivity index (χ3n) is 2.49. The Kier molecular flexibility index (Phi) is 1.57. The van der Waals surface area contributed by atoms with Crippen molar-refractivity contribution in [2.45, 2.75) is 12.3 Å². The lowest BCUT2D eigenvalue weighted by atomic mass is 10.0. The molecule has 3 N–H and O–H groups in total. The number of hydrogen-bond acceptors (Lipinski definition) is 4. The van der Waals surface area contributed by atoms with Crippen LogP contribution in [0.1, 0.15) is 18.2 Å². The molecule has 1 heterocycles. The zero-order valence-electron chi connectivity index (χ0n) is 6.97. The average Bonchev–Trinajstić information content (AvgIpc) is 2.66. The van der Waals surface area contributed by atoms with E-state index in [-0.39, 0.29) is 6.42 Å². The summed E-state index contributed by atoms with van der Waals surface area (Å²) in [5.41, 5.74) is -1.71. The van der Waals surface area contributed by atoms with Gasteiger partial charge < -0.3 is 10.2 Å². The van der Waals surface area contributed by atoms with Crippen molar-refractivity contribution in [3.63, 3.8) is 0 Å². The van der Waals surface area contributed by atoms with Crippen LogP contribution < -0.4 is 0 Å². The number of hydrogen-bond donors (Lipinski definition) is 3. The summed E-state index contributed by atoms with van der Waals surface area (Å²) in [6.45, 7) is 0. The molecule has 0 aromatic carbocycles. The number of rotatable bonds is 3. The molecule has 0 amide bonds. The molecule has 1 fully saturated rings. The molecule has 1 atom stereocenters. The zero-order valence-corrected chi connectivity index (χ0v) is 6.97. The smallest absolute Gasteiger partial charge is 0.321 e. The number of aliphatic carboxylic acids is 2. The first-order valence-electron chi connectivity index (χ1n) is 3.91. The molecule has 7 heteroatoms. The first-order chi connectivity index (χ1) is 6.59. The number of aromatic nitrogens is 3. The molecule has 1 aliphatic rings. The van der Waals surface area contributed by atoms with Crippen LogP contribution in [0.2, 0.25) is 0 Å². The fourth-order valence-electron chi connectivity index (χ4n) is 1.54. The lowest BCUT2D eigenvalue weighted by Crippen LogP contribution is -2.27. The van der Waals surface area contributed by atoms with Crippen LogP contribution in [0.3, 0.4) is 0 Å². The number of aromatic amines is 1. The molecule has 1 unspecified atom stereocenters. The number of carboxylic acids is 2. The van der Waals surface area contributed by atoms with Gasteiger partial charge in [0, 0.05) is 5.92 Å². The van der Waals surface area contributed by atoms with E-state index < -0.39 is 23.3 Å². The topological polar surface area (TPSA) is 116 Å². The maximum absolute atomic E-state index is 10.8. The van der Waals surface area contributed by atoms with Crippen molar-refractivity contribution in [2.75, 3.05) is 0 Å². The van der Waals surface area contributed by atoms with Gasteiger partial charge in [-0.15, -0.1) is 0 Å². The summed E-state index contributed by atoms with van der Waals surface area (Å²) >= 11 is 0. The van der Waals surface area contributed by atoms with E-state index in [0.29, 0.717) is 5.82 Å². The van der Waals surface area contributed by atoms with Crippen molar-refractivity contribution < 1.29 is 19.8 Å². The Hall–Kier alpha value is -1.92. The summed E-state index contributed by atoms with van der Waals surface area (Å²) in [5.74, 6) is -2.94. The van der Waals surface area contributed by atoms with Crippen LogP contribution in [-0.4, -0.2) is 37.3 Å². The molecule has 0 bridgehead atoms. The number of nitrogens with zero attached hydrogens (tertiary/aromatic N) is 2. The Morgan fingerprint density at radius 1 is 1.50 bits per heavy atom. The van der Waals surface area contributed by atoms with Crippen LogP contribution in [0, 0.1) is 5.41 Å². The molecular weight excluding hydrogens is 190 g/mol. The lowest BCUT2D eigenvalue weighted by molar-refractivity contribution is -0.157. The third kappa shape index (κ3) is 0.918. The van der Waals surface area contributed by atoms with E-state index in [1.54, 1.807) is 0 Å². The van der Waals surface area contributed by atoms with Gasteiger partial charge in [0.05, 0.1) is 0 Å². The van der Waals surface area contributed by atoms with E-state index >= 15 is 0 Å².